The zero-order chi connectivity index (χ0) is 12.9. The molecule has 0 saturated heterocycles. The van der Waals surface area contributed by atoms with Gasteiger partial charge in [-0.2, -0.15) is 0 Å². The van der Waals surface area contributed by atoms with Gasteiger partial charge in [0.2, 0.25) is 0 Å². The Morgan fingerprint density at radius 2 is 2.28 bits per heavy atom. The van der Waals surface area contributed by atoms with Gasteiger partial charge in [-0.3, -0.25) is 9.59 Å². The lowest BCUT2D eigenvalue weighted by molar-refractivity contribution is -0.145. The van der Waals surface area contributed by atoms with E-state index in [2.05, 4.69) is 15.9 Å². The van der Waals surface area contributed by atoms with Crippen molar-refractivity contribution in [2.75, 3.05) is 6.61 Å². The third kappa shape index (κ3) is 1.65. The topological polar surface area (TPSA) is 52.6 Å². The zero-order valence-corrected chi connectivity index (χ0v) is 11.3. The number of fused-ring (bicyclic) bond motifs is 2. The SMILES string of the molecule is CCOC(=O)[C@H]1[C@@H]2Oc3ccc(Br)cc3C(=O)[C@@H]21. The van der Waals surface area contributed by atoms with Gasteiger partial charge in [-0.05, 0) is 25.1 Å². The predicted octanol–water partition coefficient (Wildman–Crippen LogP) is 2.20. The first kappa shape index (κ1) is 11.7. The van der Waals surface area contributed by atoms with Crippen LogP contribution in [0.4, 0.5) is 0 Å². The van der Waals surface area contributed by atoms with Crippen molar-refractivity contribution in [3.8, 4) is 5.75 Å². The minimum absolute atomic E-state index is 0.0272. The molecule has 0 amide bonds. The van der Waals surface area contributed by atoms with E-state index in [-0.39, 0.29) is 23.8 Å². The molecule has 3 atom stereocenters. The average Bonchev–Trinajstić information content (AvgIpc) is 3.05. The maximum Gasteiger partial charge on any atom is 0.313 e. The lowest BCUT2D eigenvalue weighted by Gasteiger charge is -2.15. The Morgan fingerprint density at radius 3 is 3.00 bits per heavy atom. The van der Waals surface area contributed by atoms with Gasteiger partial charge in [0.15, 0.2) is 5.78 Å². The Bertz CT molecular complexity index is 540. The van der Waals surface area contributed by atoms with E-state index in [1.54, 1.807) is 19.1 Å². The molecular formula is C13H11BrO4. The number of rotatable bonds is 2. The predicted molar refractivity (Wildman–Crippen MR) is 66.5 cm³/mol. The summed E-state index contributed by atoms with van der Waals surface area (Å²) in [6.45, 7) is 2.07. The summed E-state index contributed by atoms with van der Waals surface area (Å²) >= 11 is 3.32. The minimum Gasteiger partial charge on any atom is -0.488 e. The highest BCUT2D eigenvalue weighted by Crippen LogP contribution is 2.50. The van der Waals surface area contributed by atoms with Crippen LogP contribution in [0.15, 0.2) is 22.7 Å². The Kier molecular flexibility index (Phi) is 2.66. The van der Waals surface area contributed by atoms with Crippen LogP contribution in [0.2, 0.25) is 0 Å². The molecule has 3 rings (SSSR count). The van der Waals surface area contributed by atoms with E-state index in [1.165, 1.54) is 0 Å². The first-order valence-electron chi connectivity index (χ1n) is 5.80. The maximum atomic E-state index is 12.2. The van der Waals surface area contributed by atoms with Crippen LogP contribution in [0.5, 0.6) is 5.75 Å². The van der Waals surface area contributed by atoms with Crippen molar-refractivity contribution < 1.29 is 19.1 Å². The van der Waals surface area contributed by atoms with Crippen LogP contribution in [0.1, 0.15) is 17.3 Å². The molecule has 1 aromatic carbocycles. The number of ether oxygens (including phenoxy) is 2. The first-order valence-corrected chi connectivity index (χ1v) is 6.60. The molecule has 1 saturated carbocycles. The van der Waals surface area contributed by atoms with Gasteiger partial charge in [0.05, 0.1) is 18.1 Å². The summed E-state index contributed by atoms with van der Waals surface area (Å²) in [6.07, 6.45) is -0.342. The number of halogens is 1. The van der Waals surface area contributed by atoms with E-state index in [9.17, 15) is 9.59 Å². The van der Waals surface area contributed by atoms with Crippen molar-refractivity contribution in [2.24, 2.45) is 11.8 Å². The van der Waals surface area contributed by atoms with Gasteiger partial charge in [0.25, 0.3) is 0 Å². The van der Waals surface area contributed by atoms with E-state index >= 15 is 0 Å². The number of ketones is 1. The molecule has 1 fully saturated rings. The molecule has 0 bridgehead atoms. The van der Waals surface area contributed by atoms with Gasteiger partial charge in [0.1, 0.15) is 17.8 Å². The molecule has 2 aliphatic rings. The number of carbonyl (C=O) groups excluding carboxylic acids is 2. The van der Waals surface area contributed by atoms with Crippen molar-refractivity contribution in [3.63, 3.8) is 0 Å². The summed E-state index contributed by atoms with van der Waals surface area (Å²) < 4.78 is 11.4. The molecule has 18 heavy (non-hydrogen) atoms. The van der Waals surface area contributed by atoms with Gasteiger partial charge in [-0.15, -0.1) is 0 Å². The van der Waals surface area contributed by atoms with E-state index in [0.717, 1.165) is 4.47 Å². The Labute approximate surface area is 112 Å². The van der Waals surface area contributed by atoms with Gasteiger partial charge in [-0.1, -0.05) is 15.9 Å². The molecule has 0 N–H and O–H groups in total. The Morgan fingerprint density at radius 1 is 1.50 bits per heavy atom. The maximum absolute atomic E-state index is 12.2. The minimum atomic E-state index is -0.441. The van der Waals surface area contributed by atoms with Crippen LogP contribution < -0.4 is 4.74 Å². The smallest absolute Gasteiger partial charge is 0.313 e. The quantitative estimate of drug-likeness (QED) is 0.786. The molecule has 1 aliphatic carbocycles. The molecule has 5 heteroatoms. The lowest BCUT2D eigenvalue weighted by Crippen LogP contribution is -2.17. The van der Waals surface area contributed by atoms with Crippen molar-refractivity contribution in [1.82, 2.24) is 0 Å². The normalized spacial score (nSPS) is 27.9. The Hall–Kier alpha value is -1.36. The summed E-state index contributed by atoms with van der Waals surface area (Å²) in [6, 6.07) is 5.29. The summed E-state index contributed by atoms with van der Waals surface area (Å²) in [5, 5.41) is 0. The molecule has 1 aromatic rings. The van der Waals surface area contributed by atoms with Crippen LogP contribution in [0.3, 0.4) is 0 Å². The van der Waals surface area contributed by atoms with Crippen molar-refractivity contribution in [1.29, 1.82) is 0 Å². The van der Waals surface area contributed by atoms with Crippen LogP contribution >= 0.6 is 15.9 Å². The lowest BCUT2D eigenvalue weighted by atomic mass is 10.0. The van der Waals surface area contributed by atoms with E-state index < -0.39 is 5.92 Å². The van der Waals surface area contributed by atoms with E-state index in [4.69, 9.17) is 9.47 Å². The van der Waals surface area contributed by atoms with Crippen molar-refractivity contribution in [2.45, 2.75) is 13.0 Å². The van der Waals surface area contributed by atoms with Crippen LogP contribution in [0.25, 0.3) is 0 Å². The average molecular weight is 311 g/mol. The van der Waals surface area contributed by atoms with E-state index in [0.29, 0.717) is 17.9 Å². The number of hydrogen-bond acceptors (Lipinski definition) is 4. The number of esters is 1. The molecular weight excluding hydrogens is 300 g/mol. The largest absolute Gasteiger partial charge is 0.488 e. The van der Waals surface area contributed by atoms with Crippen molar-refractivity contribution in [3.05, 3.63) is 28.2 Å². The molecule has 1 heterocycles. The second-order valence-corrected chi connectivity index (χ2v) is 5.31. The monoisotopic (exact) mass is 310 g/mol. The molecule has 0 radical (unpaired) electrons. The summed E-state index contributed by atoms with van der Waals surface area (Å²) in [5.74, 6) is -0.626. The second kappa shape index (κ2) is 4.09. The van der Waals surface area contributed by atoms with Gasteiger partial charge < -0.3 is 9.47 Å². The molecule has 94 valence electrons. The summed E-state index contributed by atoms with van der Waals surface area (Å²) in [5.41, 5.74) is 0.539. The van der Waals surface area contributed by atoms with Gasteiger partial charge >= 0.3 is 5.97 Å². The molecule has 0 aromatic heterocycles. The molecule has 4 nitrogen and oxygen atoms in total. The number of Topliss-reactive ketones (excluding diaryl/α,β-unsaturated/α-hetero) is 1. The highest BCUT2D eigenvalue weighted by atomic mass is 79.9. The summed E-state index contributed by atoms with van der Waals surface area (Å²) in [4.78, 5) is 23.9. The fourth-order valence-corrected chi connectivity index (χ4v) is 2.75. The number of benzene rings is 1. The van der Waals surface area contributed by atoms with E-state index in [1.807, 2.05) is 6.07 Å². The molecule has 0 unspecified atom stereocenters. The van der Waals surface area contributed by atoms with Crippen LogP contribution in [0, 0.1) is 11.8 Å². The highest BCUT2D eigenvalue weighted by Gasteiger charge is 2.64. The summed E-state index contributed by atoms with van der Waals surface area (Å²) in [7, 11) is 0. The zero-order valence-electron chi connectivity index (χ0n) is 9.68. The van der Waals surface area contributed by atoms with Gasteiger partial charge in [-0.25, -0.2) is 0 Å². The second-order valence-electron chi connectivity index (χ2n) is 4.39. The third-order valence-corrected chi connectivity index (χ3v) is 3.78. The highest BCUT2D eigenvalue weighted by molar-refractivity contribution is 9.10. The first-order chi connectivity index (χ1) is 8.63. The van der Waals surface area contributed by atoms with Crippen LogP contribution in [-0.2, 0) is 9.53 Å². The fourth-order valence-electron chi connectivity index (χ4n) is 2.38. The standard InChI is InChI=1S/C13H11BrO4/c1-2-17-13(16)10-9-11(15)7-5-6(14)3-4-8(7)18-12(9)10/h3-5,9-10,12H,2H2,1H3/t9-,10+,12+/m0/s1. The van der Waals surface area contributed by atoms with Crippen molar-refractivity contribution >= 4 is 27.7 Å². The fraction of sp³-hybridized carbons (Fsp3) is 0.385. The number of carbonyl (C=O) groups is 2. The van der Waals surface area contributed by atoms with Crippen LogP contribution in [-0.4, -0.2) is 24.5 Å². The van der Waals surface area contributed by atoms with Gasteiger partial charge in [0, 0.05) is 4.47 Å². The molecule has 0 spiro atoms. The number of hydrogen-bond donors (Lipinski definition) is 0. The Balaban J connectivity index is 1.88. The molecule has 1 aliphatic heterocycles. The third-order valence-electron chi connectivity index (χ3n) is 3.29.